The predicted octanol–water partition coefficient (Wildman–Crippen LogP) is 2.60. The molecule has 1 aliphatic carbocycles. The fourth-order valence-corrected chi connectivity index (χ4v) is 3.75. The molecule has 2 N–H and O–H groups in total. The molecule has 3 aliphatic rings. The van der Waals surface area contributed by atoms with Crippen molar-refractivity contribution in [2.75, 3.05) is 30.3 Å². The Bertz CT molecular complexity index is 592. The Morgan fingerprint density at radius 2 is 2.00 bits per heavy atom. The Kier molecular flexibility index (Phi) is 3.41. The van der Waals surface area contributed by atoms with Gasteiger partial charge in [0.25, 0.3) is 5.69 Å². The first kappa shape index (κ1) is 13.8. The van der Waals surface area contributed by atoms with E-state index in [2.05, 4.69) is 15.5 Å². The van der Waals surface area contributed by atoms with Crippen molar-refractivity contribution in [3.63, 3.8) is 0 Å². The number of nitro benzene ring substituents is 1. The monoisotopic (exact) mass is 302 g/mol. The molecule has 2 aliphatic heterocycles. The normalized spacial score (nSPS) is 22.2. The second-order valence-electron chi connectivity index (χ2n) is 6.61. The lowest BCUT2D eigenvalue weighted by Crippen LogP contribution is -2.40. The van der Waals surface area contributed by atoms with Crippen LogP contribution in [-0.4, -0.2) is 41.5 Å². The molecule has 1 saturated heterocycles. The molecule has 0 unspecified atom stereocenters. The van der Waals surface area contributed by atoms with Crippen molar-refractivity contribution in [1.29, 1.82) is 0 Å². The summed E-state index contributed by atoms with van der Waals surface area (Å²) in [5.74, 6) is 0. The summed E-state index contributed by atoms with van der Waals surface area (Å²) in [4.78, 5) is 13.7. The van der Waals surface area contributed by atoms with Crippen molar-refractivity contribution in [3.05, 3.63) is 27.8 Å². The van der Waals surface area contributed by atoms with E-state index >= 15 is 0 Å². The number of likely N-dealkylation sites (tertiary alicyclic amines) is 1. The number of nitrogens with one attached hydrogen (secondary N) is 2. The average Bonchev–Trinajstić information content (AvgIpc) is 3.25. The maximum Gasteiger partial charge on any atom is 0.292 e. The van der Waals surface area contributed by atoms with E-state index in [0.717, 1.165) is 61.9 Å². The zero-order valence-corrected chi connectivity index (χ0v) is 12.7. The van der Waals surface area contributed by atoms with Crippen molar-refractivity contribution in [2.24, 2.45) is 0 Å². The zero-order chi connectivity index (χ0) is 15.1. The highest BCUT2D eigenvalue weighted by Gasteiger charge is 2.33. The summed E-state index contributed by atoms with van der Waals surface area (Å²) >= 11 is 0. The SMILES string of the molecule is O=[N+]([O-])c1ccc2c(c1NC1CCN(C3CC3)CC1)CCN2. The lowest BCUT2D eigenvalue weighted by Gasteiger charge is -2.33. The first-order chi connectivity index (χ1) is 10.7. The van der Waals surface area contributed by atoms with Crippen LogP contribution in [0.4, 0.5) is 17.1 Å². The van der Waals surface area contributed by atoms with Gasteiger partial charge in [-0.05, 0) is 38.2 Å². The van der Waals surface area contributed by atoms with Gasteiger partial charge in [-0.25, -0.2) is 0 Å². The van der Waals surface area contributed by atoms with Gasteiger partial charge in [0.2, 0.25) is 0 Å². The van der Waals surface area contributed by atoms with Crippen molar-refractivity contribution < 1.29 is 4.92 Å². The number of rotatable bonds is 4. The minimum absolute atomic E-state index is 0.215. The predicted molar refractivity (Wildman–Crippen MR) is 86.5 cm³/mol. The van der Waals surface area contributed by atoms with E-state index in [4.69, 9.17) is 0 Å². The van der Waals surface area contributed by atoms with Gasteiger partial charge in [-0.15, -0.1) is 0 Å². The van der Waals surface area contributed by atoms with Crippen molar-refractivity contribution in [2.45, 2.75) is 44.2 Å². The number of benzene rings is 1. The third-order valence-corrected chi connectivity index (χ3v) is 5.12. The molecule has 4 rings (SSSR count). The molecule has 0 atom stereocenters. The standard InChI is InChI=1S/C16H22N4O2/c21-20(22)15-4-3-14-13(5-8-17-14)16(15)18-11-6-9-19(10-7-11)12-1-2-12/h3-4,11-12,17-18H,1-2,5-10H2. The van der Waals surface area contributed by atoms with Gasteiger partial charge in [-0.3, -0.25) is 10.1 Å². The van der Waals surface area contributed by atoms with Gasteiger partial charge in [-0.1, -0.05) is 0 Å². The van der Waals surface area contributed by atoms with Gasteiger partial charge in [0, 0.05) is 49.0 Å². The van der Waals surface area contributed by atoms with Crippen LogP contribution in [0.25, 0.3) is 0 Å². The Hall–Kier alpha value is -1.82. The minimum atomic E-state index is -0.264. The Morgan fingerprint density at radius 1 is 1.23 bits per heavy atom. The topological polar surface area (TPSA) is 70.4 Å². The van der Waals surface area contributed by atoms with E-state index in [9.17, 15) is 10.1 Å². The summed E-state index contributed by atoms with van der Waals surface area (Å²) < 4.78 is 0. The molecule has 22 heavy (non-hydrogen) atoms. The van der Waals surface area contributed by atoms with Crippen LogP contribution in [0, 0.1) is 10.1 Å². The highest BCUT2D eigenvalue weighted by atomic mass is 16.6. The molecule has 2 heterocycles. The second-order valence-corrected chi connectivity index (χ2v) is 6.61. The number of hydrogen-bond acceptors (Lipinski definition) is 5. The molecule has 6 nitrogen and oxygen atoms in total. The summed E-state index contributed by atoms with van der Waals surface area (Å²) in [6.07, 6.45) is 5.71. The number of fused-ring (bicyclic) bond motifs is 1. The fourth-order valence-electron chi connectivity index (χ4n) is 3.75. The Labute approximate surface area is 130 Å². The molecule has 2 fully saturated rings. The smallest absolute Gasteiger partial charge is 0.292 e. The van der Waals surface area contributed by atoms with Gasteiger partial charge >= 0.3 is 0 Å². The van der Waals surface area contributed by atoms with E-state index in [1.165, 1.54) is 12.8 Å². The van der Waals surface area contributed by atoms with Gasteiger partial charge < -0.3 is 15.5 Å². The van der Waals surface area contributed by atoms with Crippen molar-refractivity contribution in [1.82, 2.24) is 4.90 Å². The summed E-state index contributed by atoms with van der Waals surface area (Å²) in [5.41, 5.74) is 3.09. The molecule has 1 aromatic carbocycles. The first-order valence-electron chi connectivity index (χ1n) is 8.27. The van der Waals surface area contributed by atoms with Crippen LogP contribution >= 0.6 is 0 Å². The Morgan fingerprint density at radius 3 is 2.68 bits per heavy atom. The zero-order valence-electron chi connectivity index (χ0n) is 12.7. The van der Waals surface area contributed by atoms with Crippen LogP contribution in [-0.2, 0) is 6.42 Å². The lowest BCUT2D eigenvalue weighted by atomic mass is 10.0. The van der Waals surface area contributed by atoms with Crippen LogP contribution in [0.15, 0.2) is 12.1 Å². The molecule has 0 spiro atoms. The van der Waals surface area contributed by atoms with Crippen molar-refractivity contribution >= 4 is 17.1 Å². The van der Waals surface area contributed by atoms with Crippen LogP contribution in [0.2, 0.25) is 0 Å². The minimum Gasteiger partial charge on any atom is -0.384 e. The molecule has 0 radical (unpaired) electrons. The third kappa shape index (κ3) is 2.52. The summed E-state index contributed by atoms with van der Waals surface area (Å²) in [6, 6.07) is 4.63. The highest BCUT2D eigenvalue weighted by Crippen LogP contribution is 2.38. The highest BCUT2D eigenvalue weighted by molar-refractivity contribution is 5.77. The summed E-state index contributed by atoms with van der Waals surface area (Å²) in [6.45, 7) is 3.10. The quantitative estimate of drug-likeness (QED) is 0.661. The van der Waals surface area contributed by atoms with E-state index < -0.39 is 0 Å². The molecular weight excluding hydrogens is 280 g/mol. The molecule has 0 aromatic heterocycles. The molecule has 0 bridgehead atoms. The average molecular weight is 302 g/mol. The summed E-state index contributed by atoms with van der Waals surface area (Å²) in [7, 11) is 0. The fraction of sp³-hybridized carbons (Fsp3) is 0.625. The van der Waals surface area contributed by atoms with Crippen LogP contribution in [0.1, 0.15) is 31.2 Å². The van der Waals surface area contributed by atoms with E-state index in [1.807, 2.05) is 6.07 Å². The second kappa shape index (κ2) is 5.43. The van der Waals surface area contributed by atoms with Gasteiger partial charge in [-0.2, -0.15) is 0 Å². The third-order valence-electron chi connectivity index (χ3n) is 5.12. The molecular formula is C16H22N4O2. The molecule has 0 amide bonds. The van der Waals surface area contributed by atoms with Gasteiger partial charge in [0.1, 0.15) is 5.69 Å². The van der Waals surface area contributed by atoms with Crippen molar-refractivity contribution in [3.8, 4) is 0 Å². The van der Waals surface area contributed by atoms with E-state index in [-0.39, 0.29) is 10.6 Å². The van der Waals surface area contributed by atoms with Crippen LogP contribution in [0.3, 0.4) is 0 Å². The summed E-state index contributed by atoms with van der Waals surface area (Å²) in [5, 5.41) is 18.2. The van der Waals surface area contributed by atoms with Gasteiger partial charge in [0.05, 0.1) is 4.92 Å². The van der Waals surface area contributed by atoms with Gasteiger partial charge in [0.15, 0.2) is 0 Å². The number of piperidine rings is 1. The number of nitro groups is 1. The van der Waals surface area contributed by atoms with E-state index in [1.54, 1.807) is 6.07 Å². The van der Waals surface area contributed by atoms with E-state index in [0.29, 0.717) is 6.04 Å². The molecule has 1 saturated carbocycles. The number of nitrogens with zero attached hydrogens (tertiary/aromatic N) is 2. The number of hydrogen-bond donors (Lipinski definition) is 2. The molecule has 6 heteroatoms. The van der Waals surface area contributed by atoms with Crippen LogP contribution < -0.4 is 10.6 Å². The maximum atomic E-state index is 11.3. The molecule has 118 valence electrons. The largest absolute Gasteiger partial charge is 0.384 e. The molecule has 1 aromatic rings. The van der Waals surface area contributed by atoms with Crippen LogP contribution in [0.5, 0.6) is 0 Å². The maximum absolute atomic E-state index is 11.3. The lowest BCUT2D eigenvalue weighted by molar-refractivity contribution is -0.384. The first-order valence-corrected chi connectivity index (χ1v) is 8.27. The Balaban J connectivity index is 1.52. The number of anilines is 2.